The molecular weight excluding hydrogens is 454 g/mol. The lowest BCUT2D eigenvalue weighted by atomic mass is 9.88. The molecule has 0 atom stereocenters. The fraction of sp³-hybridized carbons (Fsp3) is 0.308. The van der Waals surface area contributed by atoms with E-state index < -0.39 is 0 Å². The first-order valence-corrected chi connectivity index (χ1v) is 12.0. The number of allylic oxidation sites excluding steroid dienone is 1. The number of amidine groups is 1. The third-order valence-corrected chi connectivity index (χ3v) is 7.34. The summed E-state index contributed by atoms with van der Waals surface area (Å²) < 4.78 is 5.21. The van der Waals surface area contributed by atoms with Gasteiger partial charge in [0.05, 0.1) is 29.3 Å². The van der Waals surface area contributed by atoms with Crippen LogP contribution in [-0.2, 0) is 9.53 Å². The molecule has 0 aromatic heterocycles. The van der Waals surface area contributed by atoms with E-state index in [1.165, 1.54) is 17.3 Å². The normalized spacial score (nSPS) is 19.9. The van der Waals surface area contributed by atoms with Crippen LogP contribution < -0.4 is 4.90 Å². The minimum atomic E-state index is -0.0949. The van der Waals surface area contributed by atoms with Crippen LogP contribution in [0, 0.1) is 0 Å². The minimum Gasteiger partial charge on any atom is -0.383 e. The van der Waals surface area contributed by atoms with Crippen molar-refractivity contribution >= 4 is 57.5 Å². The third kappa shape index (κ3) is 4.74. The lowest BCUT2D eigenvalue weighted by Gasteiger charge is -2.40. The molecule has 0 bridgehead atoms. The highest BCUT2D eigenvalue weighted by Gasteiger charge is 2.34. The van der Waals surface area contributed by atoms with Crippen molar-refractivity contribution in [3.05, 3.63) is 69.6 Å². The van der Waals surface area contributed by atoms with Gasteiger partial charge in [-0.15, -0.1) is 0 Å². The standard InChI is InChI=1S/C26H28ClN3O2S/c1-17-16-26(2,3)29(4)22-15-21(27)18(13-20(17)22)14-23-24(31)30(11-12-32-5)25(33-23)28-19-9-7-6-8-10-19/h6-10,13-16H,11-12H2,1-5H3/b23-14-,28-25?. The van der Waals surface area contributed by atoms with Crippen molar-refractivity contribution in [2.24, 2.45) is 4.99 Å². The Morgan fingerprint density at radius 2 is 1.94 bits per heavy atom. The molecule has 7 heteroatoms. The fourth-order valence-electron chi connectivity index (χ4n) is 4.02. The van der Waals surface area contributed by atoms with Crippen molar-refractivity contribution in [3.8, 4) is 0 Å². The van der Waals surface area contributed by atoms with Crippen molar-refractivity contribution in [3.63, 3.8) is 0 Å². The average molecular weight is 482 g/mol. The molecule has 1 fully saturated rings. The van der Waals surface area contributed by atoms with E-state index in [0.29, 0.717) is 28.2 Å². The first kappa shape index (κ1) is 23.6. The van der Waals surface area contributed by atoms with Crippen molar-refractivity contribution in [2.75, 3.05) is 32.2 Å². The van der Waals surface area contributed by atoms with Gasteiger partial charge in [-0.25, -0.2) is 4.99 Å². The van der Waals surface area contributed by atoms with Gasteiger partial charge in [-0.1, -0.05) is 35.9 Å². The van der Waals surface area contributed by atoms with Crippen molar-refractivity contribution in [1.82, 2.24) is 4.90 Å². The number of carbonyl (C=O) groups is 1. The van der Waals surface area contributed by atoms with Gasteiger partial charge in [0, 0.05) is 30.4 Å². The molecule has 0 N–H and O–H groups in total. The maximum absolute atomic E-state index is 13.3. The summed E-state index contributed by atoms with van der Waals surface area (Å²) >= 11 is 8.07. The van der Waals surface area contributed by atoms with E-state index in [2.05, 4.69) is 44.9 Å². The summed E-state index contributed by atoms with van der Waals surface area (Å²) in [5.74, 6) is -0.0916. The summed E-state index contributed by atoms with van der Waals surface area (Å²) in [7, 11) is 3.70. The van der Waals surface area contributed by atoms with E-state index in [9.17, 15) is 4.79 Å². The number of anilines is 1. The lowest BCUT2D eigenvalue weighted by molar-refractivity contribution is -0.122. The number of para-hydroxylation sites is 1. The van der Waals surface area contributed by atoms with E-state index in [1.807, 2.05) is 42.5 Å². The number of aliphatic imine (C=N–C) groups is 1. The zero-order chi connectivity index (χ0) is 23.8. The van der Waals surface area contributed by atoms with Crippen molar-refractivity contribution in [2.45, 2.75) is 26.3 Å². The number of ether oxygens (including phenoxy) is 1. The van der Waals surface area contributed by atoms with Gasteiger partial charge in [0.2, 0.25) is 0 Å². The zero-order valence-corrected chi connectivity index (χ0v) is 21.1. The predicted octanol–water partition coefficient (Wildman–Crippen LogP) is 6.22. The quantitative estimate of drug-likeness (QED) is 0.475. The molecule has 2 aromatic carbocycles. The number of benzene rings is 2. The number of amides is 1. The Morgan fingerprint density at radius 1 is 1.21 bits per heavy atom. The highest BCUT2D eigenvalue weighted by molar-refractivity contribution is 8.18. The summed E-state index contributed by atoms with van der Waals surface area (Å²) in [4.78, 5) is 22.4. The molecule has 0 saturated carbocycles. The average Bonchev–Trinajstić information content (AvgIpc) is 3.06. The third-order valence-electron chi connectivity index (χ3n) is 6.01. The molecule has 0 radical (unpaired) electrons. The Bertz CT molecular complexity index is 1170. The molecular formula is C26H28ClN3O2S. The molecule has 0 spiro atoms. The Balaban J connectivity index is 1.72. The van der Waals surface area contributed by atoms with E-state index in [0.717, 1.165) is 22.5 Å². The monoisotopic (exact) mass is 481 g/mol. The van der Waals surface area contributed by atoms with Gasteiger partial charge in [-0.3, -0.25) is 9.69 Å². The maximum atomic E-state index is 13.3. The van der Waals surface area contributed by atoms with Crippen LogP contribution in [0.25, 0.3) is 11.6 Å². The predicted molar refractivity (Wildman–Crippen MR) is 140 cm³/mol. The second kappa shape index (κ2) is 9.37. The molecule has 0 aliphatic carbocycles. The van der Waals surface area contributed by atoms with Crippen LogP contribution in [0.5, 0.6) is 0 Å². The molecule has 172 valence electrons. The largest absolute Gasteiger partial charge is 0.383 e. The van der Waals surface area contributed by atoms with Crippen LogP contribution in [-0.4, -0.2) is 48.8 Å². The summed E-state index contributed by atoms with van der Waals surface area (Å²) in [6.45, 7) is 7.34. The topological polar surface area (TPSA) is 45.1 Å². The number of nitrogens with zero attached hydrogens (tertiary/aromatic N) is 3. The first-order chi connectivity index (χ1) is 15.7. The Labute approximate surface area is 204 Å². The SMILES string of the molecule is COCCN1C(=O)/C(=C/c2cc3c(cc2Cl)N(C)C(C)(C)C=C3C)SC1=Nc1ccccc1. The number of likely N-dealkylation sites (N-methyl/N-ethyl adjacent to an activating group) is 1. The molecule has 33 heavy (non-hydrogen) atoms. The van der Waals surface area contributed by atoms with E-state index in [4.69, 9.17) is 21.3 Å². The summed E-state index contributed by atoms with van der Waals surface area (Å²) in [6, 6.07) is 13.7. The number of hydrogen-bond acceptors (Lipinski definition) is 5. The second-order valence-corrected chi connectivity index (χ2v) is 10.1. The smallest absolute Gasteiger partial charge is 0.266 e. The second-order valence-electron chi connectivity index (χ2n) is 8.72. The summed E-state index contributed by atoms with van der Waals surface area (Å²) in [5.41, 5.74) is 4.93. The number of hydrogen-bond donors (Lipinski definition) is 0. The lowest BCUT2D eigenvalue weighted by Crippen LogP contribution is -2.42. The highest BCUT2D eigenvalue weighted by Crippen LogP contribution is 2.42. The maximum Gasteiger partial charge on any atom is 0.266 e. The molecule has 4 rings (SSSR count). The number of rotatable bonds is 5. The zero-order valence-electron chi connectivity index (χ0n) is 19.6. The fourth-order valence-corrected chi connectivity index (χ4v) is 5.25. The van der Waals surface area contributed by atoms with Crippen LogP contribution in [0.3, 0.4) is 0 Å². The number of halogens is 1. The Morgan fingerprint density at radius 3 is 2.64 bits per heavy atom. The molecule has 1 saturated heterocycles. The van der Waals surface area contributed by atoms with Gasteiger partial charge in [0.15, 0.2) is 5.17 Å². The van der Waals surface area contributed by atoms with Crippen LogP contribution in [0.2, 0.25) is 5.02 Å². The van der Waals surface area contributed by atoms with Gasteiger partial charge < -0.3 is 9.64 Å². The molecule has 0 unspecified atom stereocenters. The van der Waals surface area contributed by atoms with Crippen LogP contribution >= 0.6 is 23.4 Å². The van der Waals surface area contributed by atoms with Gasteiger partial charge in [-0.2, -0.15) is 0 Å². The summed E-state index contributed by atoms with van der Waals surface area (Å²) in [5, 5.41) is 1.25. The summed E-state index contributed by atoms with van der Waals surface area (Å²) in [6.07, 6.45) is 4.13. The molecule has 2 heterocycles. The number of carbonyl (C=O) groups excluding carboxylic acids is 1. The van der Waals surface area contributed by atoms with Crippen LogP contribution in [0.15, 0.2) is 58.4 Å². The molecule has 5 nitrogen and oxygen atoms in total. The van der Waals surface area contributed by atoms with E-state index in [1.54, 1.807) is 12.0 Å². The van der Waals surface area contributed by atoms with Gasteiger partial charge >= 0.3 is 0 Å². The van der Waals surface area contributed by atoms with E-state index in [-0.39, 0.29) is 11.4 Å². The van der Waals surface area contributed by atoms with Crippen molar-refractivity contribution < 1.29 is 9.53 Å². The Hall–Kier alpha value is -2.54. The molecule has 2 aromatic rings. The molecule has 1 amide bonds. The van der Waals surface area contributed by atoms with Crippen LogP contribution in [0.4, 0.5) is 11.4 Å². The first-order valence-electron chi connectivity index (χ1n) is 10.8. The number of fused-ring (bicyclic) bond motifs is 1. The number of methoxy groups -OCH3 is 1. The molecule has 2 aliphatic heterocycles. The van der Waals surface area contributed by atoms with E-state index >= 15 is 0 Å². The van der Waals surface area contributed by atoms with Crippen molar-refractivity contribution in [1.29, 1.82) is 0 Å². The molecule has 2 aliphatic rings. The van der Waals surface area contributed by atoms with Crippen LogP contribution in [0.1, 0.15) is 31.9 Å². The minimum absolute atomic E-state index is 0.0916. The van der Waals surface area contributed by atoms with Gasteiger partial charge in [-0.05, 0) is 74.0 Å². The van der Waals surface area contributed by atoms with Gasteiger partial charge in [0.1, 0.15) is 0 Å². The number of thioether (sulfide) groups is 1. The highest BCUT2D eigenvalue weighted by atomic mass is 35.5. The van der Waals surface area contributed by atoms with Gasteiger partial charge in [0.25, 0.3) is 5.91 Å². The Kier molecular flexibility index (Phi) is 6.71.